The Balaban J connectivity index is 3.66. The minimum Gasteiger partial charge on any atom is -0.394 e. The number of aliphatic hydroxyl groups excluding tert-OH is 4. The summed E-state index contributed by atoms with van der Waals surface area (Å²) in [5, 5.41) is 43.4. The Morgan fingerprint density at radius 3 is 1.07 bits per heavy atom. The van der Waals surface area contributed by atoms with Gasteiger partial charge in [0.15, 0.2) is 0 Å². The molecule has 6 heteroatoms. The molecule has 45 heavy (non-hydrogen) atoms. The molecule has 0 saturated heterocycles. The summed E-state index contributed by atoms with van der Waals surface area (Å²) >= 11 is 0. The molecule has 4 unspecified atom stereocenters. The second kappa shape index (κ2) is 34.6. The van der Waals surface area contributed by atoms with Gasteiger partial charge in [0.25, 0.3) is 0 Å². The van der Waals surface area contributed by atoms with Crippen LogP contribution in [-0.4, -0.2) is 57.3 Å². The predicted octanol–water partition coefficient (Wildman–Crippen LogP) is 9.68. The highest BCUT2D eigenvalue weighted by atomic mass is 16.3. The van der Waals surface area contributed by atoms with Crippen LogP contribution in [0.5, 0.6) is 0 Å². The van der Waals surface area contributed by atoms with Crippen LogP contribution in [0.3, 0.4) is 0 Å². The topological polar surface area (TPSA) is 110 Å². The maximum atomic E-state index is 12.4. The van der Waals surface area contributed by atoms with Gasteiger partial charge < -0.3 is 25.7 Å². The number of carbonyl (C=O) groups excluding carboxylic acids is 1. The van der Waals surface area contributed by atoms with E-state index in [4.69, 9.17) is 0 Å². The molecule has 0 fully saturated rings. The van der Waals surface area contributed by atoms with Crippen LogP contribution >= 0.6 is 0 Å². The summed E-state index contributed by atoms with van der Waals surface area (Å²) in [6.07, 6.45) is 34.3. The van der Waals surface area contributed by atoms with Gasteiger partial charge in [-0.2, -0.15) is 0 Å². The van der Waals surface area contributed by atoms with Crippen molar-refractivity contribution in [2.75, 3.05) is 6.61 Å². The fraction of sp³-hybridized carbons (Fsp3) is 0.974. The molecule has 0 bridgehead atoms. The summed E-state index contributed by atoms with van der Waals surface area (Å²) in [5.41, 5.74) is 0. The highest BCUT2D eigenvalue weighted by Gasteiger charge is 2.28. The lowest BCUT2D eigenvalue weighted by Gasteiger charge is -2.27. The molecule has 0 heterocycles. The van der Waals surface area contributed by atoms with Crippen molar-refractivity contribution in [2.45, 2.75) is 237 Å². The molecule has 0 radical (unpaired) electrons. The van der Waals surface area contributed by atoms with E-state index in [1.165, 1.54) is 148 Å². The molecule has 4 atom stereocenters. The van der Waals surface area contributed by atoms with Gasteiger partial charge in [-0.25, -0.2) is 0 Å². The molecule has 0 aliphatic heterocycles. The van der Waals surface area contributed by atoms with E-state index in [2.05, 4.69) is 19.2 Å². The van der Waals surface area contributed by atoms with Gasteiger partial charge in [-0.05, 0) is 12.8 Å². The fourth-order valence-corrected chi connectivity index (χ4v) is 6.34. The molecule has 0 aromatic heterocycles. The minimum absolute atomic E-state index is 0.372. The maximum absolute atomic E-state index is 12.4. The number of aliphatic hydroxyl groups is 4. The van der Waals surface area contributed by atoms with Crippen LogP contribution in [0, 0.1) is 0 Å². The van der Waals surface area contributed by atoms with Gasteiger partial charge in [-0.1, -0.05) is 200 Å². The lowest BCUT2D eigenvalue weighted by molar-refractivity contribution is -0.132. The molecule has 0 aliphatic rings. The second-order valence-corrected chi connectivity index (χ2v) is 14.0. The zero-order valence-electron chi connectivity index (χ0n) is 30.1. The Morgan fingerprint density at radius 1 is 0.467 bits per heavy atom. The molecular weight excluding hydrogens is 562 g/mol. The largest absolute Gasteiger partial charge is 0.394 e. The summed E-state index contributed by atoms with van der Waals surface area (Å²) in [7, 11) is 0. The Labute approximate surface area is 279 Å². The van der Waals surface area contributed by atoms with E-state index in [0.717, 1.165) is 38.5 Å². The van der Waals surface area contributed by atoms with Crippen LogP contribution in [0.2, 0.25) is 0 Å². The van der Waals surface area contributed by atoms with Crippen LogP contribution in [0.25, 0.3) is 0 Å². The Kier molecular flexibility index (Phi) is 34.1. The van der Waals surface area contributed by atoms with Crippen LogP contribution in [0.1, 0.15) is 213 Å². The van der Waals surface area contributed by atoms with Crippen LogP contribution in [-0.2, 0) is 4.79 Å². The number of nitrogens with one attached hydrogen (secondary N) is 1. The average molecular weight is 642 g/mol. The van der Waals surface area contributed by atoms with Crippen molar-refractivity contribution in [3.8, 4) is 0 Å². The highest BCUT2D eigenvalue weighted by molar-refractivity contribution is 5.80. The zero-order valence-corrected chi connectivity index (χ0v) is 30.1. The second-order valence-electron chi connectivity index (χ2n) is 14.0. The third kappa shape index (κ3) is 29.2. The smallest absolute Gasteiger partial charge is 0.249 e. The predicted molar refractivity (Wildman–Crippen MR) is 192 cm³/mol. The quantitative estimate of drug-likeness (QED) is 0.0438. The molecular formula is C39H79NO5. The van der Waals surface area contributed by atoms with Gasteiger partial charge >= 0.3 is 0 Å². The molecule has 0 aromatic rings. The molecule has 0 spiro atoms. The van der Waals surface area contributed by atoms with Gasteiger partial charge in [-0.15, -0.1) is 0 Å². The molecule has 270 valence electrons. The van der Waals surface area contributed by atoms with Crippen LogP contribution < -0.4 is 5.32 Å². The van der Waals surface area contributed by atoms with Crippen molar-refractivity contribution in [1.29, 1.82) is 0 Å². The van der Waals surface area contributed by atoms with E-state index in [0.29, 0.717) is 12.8 Å². The third-order valence-corrected chi connectivity index (χ3v) is 9.57. The van der Waals surface area contributed by atoms with Gasteiger partial charge in [0.2, 0.25) is 5.91 Å². The van der Waals surface area contributed by atoms with Crippen molar-refractivity contribution in [2.24, 2.45) is 0 Å². The first-order chi connectivity index (χ1) is 22.0. The summed E-state index contributed by atoms with van der Waals surface area (Å²) in [4.78, 5) is 12.4. The van der Waals surface area contributed by atoms with Crippen molar-refractivity contribution in [3.05, 3.63) is 0 Å². The lowest BCUT2D eigenvalue weighted by Crippen LogP contribution is -2.53. The van der Waals surface area contributed by atoms with Crippen molar-refractivity contribution in [3.63, 3.8) is 0 Å². The first-order valence-corrected chi connectivity index (χ1v) is 19.9. The average Bonchev–Trinajstić information content (AvgIpc) is 3.04. The van der Waals surface area contributed by atoms with E-state index in [9.17, 15) is 25.2 Å². The number of hydrogen-bond acceptors (Lipinski definition) is 5. The first-order valence-electron chi connectivity index (χ1n) is 19.9. The van der Waals surface area contributed by atoms with Gasteiger partial charge in [0.1, 0.15) is 12.2 Å². The first kappa shape index (κ1) is 44.3. The monoisotopic (exact) mass is 642 g/mol. The van der Waals surface area contributed by atoms with E-state index < -0.39 is 36.9 Å². The van der Waals surface area contributed by atoms with E-state index in [-0.39, 0.29) is 0 Å². The lowest BCUT2D eigenvalue weighted by atomic mass is 9.99. The molecule has 0 aromatic carbocycles. The number of amides is 1. The fourth-order valence-electron chi connectivity index (χ4n) is 6.34. The maximum Gasteiger partial charge on any atom is 0.249 e. The van der Waals surface area contributed by atoms with Crippen LogP contribution in [0.4, 0.5) is 0 Å². The summed E-state index contributed by atoms with van der Waals surface area (Å²) in [6.45, 7) is 4.01. The Hall–Kier alpha value is -0.690. The van der Waals surface area contributed by atoms with Crippen LogP contribution in [0.15, 0.2) is 0 Å². The van der Waals surface area contributed by atoms with Crippen molar-refractivity contribution >= 4 is 5.91 Å². The van der Waals surface area contributed by atoms with Crippen molar-refractivity contribution in [1.82, 2.24) is 5.32 Å². The molecule has 0 saturated carbocycles. The number of rotatable bonds is 36. The summed E-state index contributed by atoms with van der Waals surface area (Å²) < 4.78 is 0. The molecule has 1 amide bonds. The number of carbonyl (C=O) groups is 1. The highest BCUT2D eigenvalue weighted by Crippen LogP contribution is 2.17. The number of hydrogen-bond donors (Lipinski definition) is 5. The van der Waals surface area contributed by atoms with Gasteiger partial charge in [0, 0.05) is 0 Å². The van der Waals surface area contributed by atoms with E-state index >= 15 is 0 Å². The van der Waals surface area contributed by atoms with Gasteiger partial charge in [0.05, 0.1) is 18.8 Å². The molecule has 0 rings (SSSR count). The van der Waals surface area contributed by atoms with Crippen molar-refractivity contribution < 1.29 is 25.2 Å². The normalized spacial score (nSPS) is 14.4. The minimum atomic E-state index is -1.25. The molecule has 5 N–H and O–H groups in total. The van der Waals surface area contributed by atoms with E-state index in [1.54, 1.807) is 0 Å². The number of unbranched alkanes of at least 4 members (excludes halogenated alkanes) is 27. The third-order valence-electron chi connectivity index (χ3n) is 9.57. The molecule has 6 nitrogen and oxygen atoms in total. The Morgan fingerprint density at radius 2 is 0.756 bits per heavy atom. The summed E-state index contributed by atoms with van der Waals surface area (Å²) in [5.74, 6) is -0.586. The van der Waals surface area contributed by atoms with Gasteiger partial charge in [-0.3, -0.25) is 4.79 Å². The zero-order chi connectivity index (χ0) is 33.2. The summed E-state index contributed by atoms with van der Waals surface area (Å²) in [6, 6.07) is -0.976. The molecule has 0 aliphatic carbocycles. The Bertz CT molecular complexity index is 604. The standard InChI is InChI=1S/C39H79NO5/c1-3-5-7-9-11-13-14-15-16-17-18-19-20-21-22-23-24-25-27-28-30-32-36(42)38(44)35(34-41)40-39(45)37(43)33-31-29-26-12-10-8-6-4-2/h35-38,41-44H,3-34H2,1-2H3,(H,40,45). The van der Waals surface area contributed by atoms with E-state index in [1.807, 2.05) is 0 Å². The SMILES string of the molecule is CCCCCCCCCCCCCCCCCCCCCCCC(O)C(O)C(CO)NC(=O)C(O)CCCCCCCCCC.